The lowest BCUT2D eigenvalue weighted by atomic mass is 9.70. The second-order valence-corrected chi connectivity index (χ2v) is 13.2. The van der Waals surface area contributed by atoms with Gasteiger partial charge in [-0.15, -0.1) is 18.3 Å². The molecule has 6 rings (SSSR count). The molecule has 2 bridgehead atoms. The van der Waals surface area contributed by atoms with E-state index in [1.807, 2.05) is 60.7 Å². The Labute approximate surface area is 275 Å². The number of hydrogen-bond donors (Lipinski definition) is 1. The number of unbranched alkanes of at least 4 members (excludes halogenated alkanes) is 2. The largest absolute Gasteiger partial charge is 0.465 e. The molecule has 0 saturated carbocycles. The molecule has 11 nitrogen and oxygen atoms in total. The minimum absolute atomic E-state index is 0.0388. The molecule has 2 aromatic carbocycles. The third-order valence-corrected chi connectivity index (χ3v) is 10.2. The average molecular weight is 693 g/mol. The van der Waals surface area contributed by atoms with Crippen molar-refractivity contribution >= 4 is 44.7 Å². The minimum atomic E-state index is -1.33. The molecule has 3 saturated heterocycles. The molecule has 3 aliphatic rings. The van der Waals surface area contributed by atoms with Crippen LogP contribution in [0.5, 0.6) is 0 Å². The number of amides is 2. The van der Waals surface area contributed by atoms with Gasteiger partial charge in [0.25, 0.3) is 0 Å². The molecule has 7 atom stereocenters. The number of halogens is 1. The normalized spacial score (nSPS) is 27.0. The van der Waals surface area contributed by atoms with E-state index in [4.69, 9.17) is 9.47 Å². The van der Waals surface area contributed by atoms with Gasteiger partial charge in [0.2, 0.25) is 11.8 Å². The van der Waals surface area contributed by atoms with Crippen LogP contribution in [0.15, 0.2) is 79.9 Å². The molecular weight excluding hydrogens is 654 g/mol. The molecule has 3 unspecified atom stereocenters. The minimum Gasteiger partial charge on any atom is -0.465 e. The topological polar surface area (TPSA) is 127 Å². The van der Waals surface area contributed by atoms with E-state index >= 15 is 0 Å². The number of carbonyl (C=O) groups excluding carboxylic acids is 3. The monoisotopic (exact) mass is 691 g/mol. The molecule has 2 amide bonds. The zero-order valence-electron chi connectivity index (χ0n) is 25.5. The van der Waals surface area contributed by atoms with Crippen LogP contribution in [0.3, 0.4) is 0 Å². The van der Waals surface area contributed by atoms with E-state index in [-0.39, 0.29) is 24.6 Å². The van der Waals surface area contributed by atoms with Crippen molar-refractivity contribution in [3.63, 3.8) is 0 Å². The molecule has 46 heavy (non-hydrogen) atoms. The van der Waals surface area contributed by atoms with Crippen molar-refractivity contribution in [2.45, 2.75) is 61.0 Å². The maximum atomic E-state index is 14.9. The molecule has 1 aromatic heterocycles. The standard InChI is InChI=1S/C34H38BrN5O6/c1-3-5-6-12-18-45-33(44)27-28-31(42)40(26(20-41)22-13-8-7-9-14-22)30(34(28)19-23(35)29(27)46-34)32(43)38(17-4-2)21-39-25-16-11-10-15-24(25)36-37-39/h3-4,7-11,13-16,23,26-30,41H,1-2,5-6,12,17-21H2/t23?,26-,27+,28+,29+,30?,34?/m1/s1. The number of benzene rings is 2. The van der Waals surface area contributed by atoms with Crippen molar-refractivity contribution in [1.29, 1.82) is 0 Å². The number of aliphatic hydroxyl groups is 1. The molecule has 3 aliphatic heterocycles. The van der Waals surface area contributed by atoms with Gasteiger partial charge in [-0.3, -0.25) is 14.4 Å². The Morgan fingerprint density at radius 3 is 2.65 bits per heavy atom. The summed E-state index contributed by atoms with van der Waals surface area (Å²) in [5, 5.41) is 19.3. The quantitative estimate of drug-likeness (QED) is 0.117. The average Bonchev–Trinajstić information content (AvgIpc) is 3.79. The van der Waals surface area contributed by atoms with Gasteiger partial charge in [-0.25, -0.2) is 4.68 Å². The van der Waals surface area contributed by atoms with Crippen LogP contribution in [0.2, 0.25) is 0 Å². The van der Waals surface area contributed by atoms with Crippen molar-refractivity contribution in [2.75, 3.05) is 19.8 Å². The Morgan fingerprint density at radius 2 is 1.91 bits per heavy atom. The van der Waals surface area contributed by atoms with Gasteiger partial charge in [0.1, 0.15) is 23.8 Å². The van der Waals surface area contributed by atoms with E-state index < -0.39 is 60.0 Å². The summed E-state index contributed by atoms with van der Waals surface area (Å²) < 4.78 is 14.0. The fourth-order valence-electron chi connectivity index (χ4n) is 7.37. The molecule has 3 fully saturated rings. The van der Waals surface area contributed by atoms with E-state index in [2.05, 4.69) is 39.4 Å². The molecular formula is C34H38BrN5O6. The summed E-state index contributed by atoms with van der Waals surface area (Å²) >= 11 is 3.71. The van der Waals surface area contributed by atoms with E-state index in [0.717, 1.165) is 18.4 Å². The molecule has 1 spiro atoms. The SMILES string of the molecule is C=CCCCCOC(=O)[C@H]1[C@H]2C(=O)N([C@H](CO)c3ccccc3)C(C(=O)N(CC=C)Cn3nnc4ccccc43)C23CC(Br)[C@@H]1O3. The van der Waals surface area contributed by atoms with Gasteiger partial charge in [-0.05, 0) is 43.4 Å². The van der Waals surface area contributed by atoms with Gasteiger partial charge in [0.15, 0.2) is 0 Å². The Kier molecular flexibility index (Phi) is 9.39. The summed E-state index contributed by atoms with van der Waals surface area (Å²) in [6, 6.07) is 14.5. The predicted octanol–water partition coefficient (Wildman–Crippen LogP) is 3.78. The number of carbonyl (C=O) groups is 3. The number of aromatic nitrogens is 3. The van der Waals surface area contributed by atoms with Crippen molar-refractivity contribution in [1.82, 2.24) is 24.8 Å². The number of esters is 1. The number of rotatable bonds is 14. The molecule has 3 aromatic rings. The lowest BCUT2D eigenvalue weighted by Crippen LogP contribution is -2.57. The number of aliphatic hydroxyl groups excluding tert-OH is 1. The van der Waals surface area contributed by atoms with Crippen LogP contribution in [-0.2, 0) is 30.5 Å². The van der Waals surface area contributed by atoms with Crippen LogP contribution in [0.25, 0.3) is 11.0 Å². The Hall–Kier alpha value is -3.87. The highest BCUT2D eigenvalue weighted by atomic mass is 79.9. The third-order valence-electron chi connectivity index (χ3n) is 9.36. The van der Waals surface area contributed by atoms with E-state index in [1.165, 1.54) is 4.90 Å². The lowest BCUT2D eigenvalue weighted by molar-refractivity contribution is -0.157. The highest BCUT2D eigenvalue weighted by Gasteiger charge is 2.77. The highest BCUT2D eigenvalue weighted by Crippen LogP contribution is 2.61. The molecule has 12 heteroatoms. The number of hydrogen-bond acceptors (Lipinski definition) is 8. The van der Waals surface area contributed by atoms with Gasteiger partial charge in [0, 0.05) is 11.4 Å². The van der Waals surface area contributed by atoms with Gasteiger partial charge in [0.05, 0.1) is 42.7 Å². The summed E-state index contributed by atoms with van der Waals surface area (Å²) in [6.45, 7) is 7.58. The number of fused-ring (bicyclic) bond motifs is 2. The van der Waals surface area contributed by atoms with Crippen LogP contribution in [0.4, 0.5) is 0 Å². The second kappa shape index (κ2) is 13.5. The van der Waals surface area contributed by atoms with Crippen LogP contribution < -0.4 is 0 Å². The Morgan fingerprint density at radius 1 is 1.15 bits per heavy atom. The van der Waals surface area contributed by atoms with Crippen LogP contribution in [0, 0.1) is 11.8 Å². The fraction of sp³-hybridized carbons (Fsp3) is 0.441. The predicted molar refractivity (Wildman–Crippen MR) is 173 cm³/mol. The van der Waals surface area contributed by atoms with Gasteiger partial charge in [-0.1, -0.05) is 75.8 Å². The molecule has 0 radical (unpaired) electrons. The van der Waals surface area contributed by atoms with Crippen molar-refractivity contribution in [2.24, 2.45) is 11.8 Å². The number of alkyl halides is 1. The summed E-state index contributed by atoms with van der Waals surface area (Å²) in [5.74, 6) is -3.20. The first-order valence-corrected chi connectivity index (χ1v) is 16.5. The van der Waals surface area contributed by atoms with Gasteiger partial charge in [-0.2, -0.15) is 0 Å². The summed E-state index contributed by atoms with van der Waals surface area (Å²) in [5.41, 5.74) is 0.758. The second-order valence-electron chi connectivity index (χ2n) is 12.0. The van der Waals surface area contributed by atoms with E-state index in [0.29, 0.717) is 23.9 Å². The summed E-state index contributed by atoms with van der Waals surface area (Å²) in [4.78, 5) is 45.9. The lowest BCUT2D eigenvalue weighted by Gasteiger charge is -2.39. The number of likely N-dealkylation sites (tertiary alicyclic amines) is 1. The van der Waals surface area contributed by atoms with Gasteiger partial charge < -0.3 is 24.4 Å². The smallest absolute Gasteiger partial charge is 0.312 e. The first-order valence-electron chi connectivity index (χ1n) is 15.6. The zero-order valence-corrected chi connectivity index (χ0v) is 27.1. The number of para-hydroxylation sites is 1. The van der Waals surface area contributed by atoms with Crippen molar-refractivity contribution in [3.8, 4) is 0 Å². The molecule has 4 heterocycles. The Balaban J connectivity index is 1.39. The molecule has 242 valence electrons. The van der Waals surface area contributed by atoms with E-state index in [1.54, 1.807) is 15.7 Å². The zero-order chi connectivity index (χ0) is 32.4. The van der Waals surface area contributed by atoms with Crippen molar-refractivity contribution < 1.29 is 29.0 Å². The molecule has 0 aliphatic carbocycles. The summed E-state index contributed by atoms with van der Waals surface area (Å²) in [7, 11) is 0. The maximum Gasteiger partial charge on any atom is 0.312 e. The number of allylic oxidation sites excluding steroid dienone is 1. The fourth-order valence-corrected chi connectivity index (χ4v) is 8.31. The third kappa shape index (κ3) is 5.46. The number of nitrogens with zero attached hydrogens (tertiary/aromatic N) is 5. The molecule has 1 N–H and O–H groups in total. The highest BCUT2D eigenvalue weighted by molar-refractivity contribution is 9.09. The first-order chi connectivity index (χ1) is 22.4. The Bertz CT molecular complexity index is 1620. The number of ether oxygens (including phenoxy) is 2. The van der Waals surface area contributed by atoms with Crippen LogP contribution in [-0.4, -0.2) is 90.0 Å². The first kappa shape index (κ1) is 32.1. The maximum absolute atomic E-state index is 14.9. The summed E-state index contributed by atoms with van der Waals surface area (Å²) in [6.07, 6.45) is 5.41. The van der Waals surface area contributed by atoms with Crippen molar-refractivity contribution in [3.05, 3.63) is 85.5 Å². The van der Waals surface area contributed by atoms with E-state index in [9.17, 15) is 19.5 Å². The van der Waals surface area contributed by atoms with Crippen LogP contribution >= 0.6 is 15.9 Å². The van der Waals surface area contributed by atoms with Crippen LogP contribution in [0.1, 0.15) is 37.3 Å². The van der Waals surface area contributed by atoms with Gasteiger partial charge >= 0.3 is 5.97 Å².